The van der Waals surface area contributed by atoms with Gasteiger partial charge in [-0.25, -0.2) is 4.98 Å². The molecule has 0 atom stereocenters. The van der Waals surface area contributed by atoms with E-state index in [4.69, 9.17) is 5.73 Å². The maximum atomic E-state index is 5.73. The molecule has 5 heteroatoms. The van der Waals surface area contributed by atoms with E-state index in [9.17, 15) is 0 Å². The van der Waals surface area contributed by atoms with Crippen molar-refractivity contribution in [1.29, 1.82) is 0 Å². The first kappa shape index (κ1) is 9.90. The summed E-state index contributed by atoms with van der Waals surface area (Å²) < 4.78 is 2.01. The Morgan fingerprint density at radius 1 is 1.18 bits per heavy atom. The zero-order valence-corrected chi connectivity index (χ0v) is 9.46. The highest BCUT2D eigenvalue weighted by Gasteiger charge is 2.04. The standard InChI is InChI=1S/C12H11BN4/c13-8-3-10(6-15-5-8)17-7-16-11-4-9(14)1-2-12(11)17/h1-7H,13-14H2. The van der Waals surface area contributed by atoms with Gasteiger partial charge in [-0.05, 0) is 24.3 Å². The fraction of sp³-hybridized carbons (Fsp3) is 0. The number of benzene rings is 1. The molecule has 2 heterocycles. The lowest BCUT2D eigenvalue weighted by Gasteiger charge is -2.04. The molecule has 0 fully saturated rings. The maximum Gasteiger partial charge on any atom is 0.141 e. The first-order chi connectivity index (χ1) is 8.24. The van der Waals surface area contributed by atoms with Crippen molar-refractivity contribution in [3.05, 3.63) is 43.0 Å². The SMILES string of the molecule is Bc1cncc(-n2cnc3cc(N)ccc32)c1. The van der Waals surface area contributed by atoms with Crippen LogP contribution in [0.1, 0.15) is 0 Å². The Morgan fingerprint density at radius 3 is 2.88 bits per heavy atom. The predicted octanol–water partition coefficient (Wildman–Crippen LogP) is 0.261. The summed E-state index contributed by atoms with van der Waals surface area (Å²) in [7, 11) is 2.02. The Labute approximate surface area is 99.5 Å². The van der Waals surface area contributed by atoms with Gasteiger partial charge in [-0.3, -0.25) is 9.55 Å². The smallest absolute Gasteiger partial charge is 0.141 e. The number of nitrogen functional groups attached to an aromatic ring is 1. The minimum atomic E-state index is 0.727. The maximum absolute atomic E-state index is 5.73. The van der Waals surface area contributed by atoms with Crippen molar-refractivity contribution in [2.45, 2.75) is 0 Å². The lowest BCUT2D eigenvalue weighted by Crippen LogP contribution is -2.05. The van der Waals surface area contributed by atoms with Gasteiger partial charge in [0.1, 0.15) is 14.2 Å². The second kappa shape index (κ2) is 3.62. The number of anilines is 1. The van der Waals surface area contributed by atoms with Gasteiger partial charge in [0.25, 0.3) is 0 Å². The minimum Gasteiger partial charge on any atom is -0.399 e. The zero-order valence-electron chi connectivity index (χ0n) is 9.46. The van der Waals surface area contributed by atoms with E-state index in [1.807, 2.05) is 43.0 Å². The van der Waals surface area contributed by atoms with Gasteiger partial charge in [-0.1, -0.05) is 5.46 Å². The van der Waals surface area contributed by atoms with Crippen LogP contribution >= 0.6 is 0 Å². The Morgan fingerprint density at radius 2 is 2.06 bits per heavy atom. The van der Waals surface area contributed by atoms with E-state index in [-0.39, 0.29) is 0 Å². The van der Waals surface area contributed by atoms with Crippen molar-refractivity contribution < 1.29 is 0 Å². The molecule has 2 N–H and O–H groups in total. The number of fused-ring (bicyclic) bond motifs is 1. The van der Waals surface area contributed by atoms with E-state index in [1.165, 1.54) is 0 Å². The normalized spacial score (nSPS) is 10.8. The van der Waals surface area contributed by atoms with Gasteiger partial charge in [0, 0.05) is 11.9 Å². The fourth-order valence-electron chi connectivity index (χ4n) is 1.91. The third-order valence-corrected chi connectivity index (χ3v) is 2.71. The van der Waals surface area contributed by atoms with E-state index in [0.717, 1.165) is 27.9 Å². The first-order valence-corrected chi connectivity index (χ1v) is 5.39. The van der Waals surface area contributed by atoms with Crippen LogP contribution in [0.2, 0.25) is 0 Å². The van der Waals surface area contributed by atoms with Crippen LogP contribution in [0, 0.1) is 0 Å². The summed E-state index contributed by atoms with van der Waals surface area (Å²) >= 11 is 0. The molecule has 0 saturated carbocycles. The minimum absolute atomic E-state index is 0.727. The largest absolute Gasteiger partial charge is 0.399 e. The predicted molar refractivity (Wildman–Crippen MR) is 71.5 cm³/mol. The lowest BCUT2D eigenvalue weighted by molar-refractivity contribution is 1.07. The van der Waals surface area contributed by atoms with Gasteiger partial charge in [0.15, 0.2) is 0 Å². The van der Waals surface area contributed by atoms with Crippen molar-refractivity contribution in [2.75, 3.05) is 5.73 Å². The summed E-state index contributed by atoms with van der Waals surface area (Å²) in [4.78, 5) is 8.53. The van der Waals surface area contributed by atoms with Crippen molar-refractivity contribution in [3.8, 4) is 5.69 Å². The number of nitrogens with two attached hydrogens (primary N) is 1. The molecular formula is C12H11BN4. The summed E-state index contributed by atoms with van der Waals surface area (Å²) in [5.74, 6) is 0. The number of hydrogen-bond acceptors (Lipinski definition) is 3. The molecule has 0 spiro atoms. The monoisotopic (exact) mass is 222 g/mol. The molecule has 0 radical (unpaired) electrons. The topological polar surface area (TPSA) is 56.7 Å². The van der Waals surface area contributed by atoms with Crippen LogP contribution in [0.25, 0.3) is 16.7 Å². The molecule has 1 aromatic carbocycles. The number of aromatic nitrogens is 3. The van der Waals surface area contributed by atoms with Gasteiger partial charge in [-0.2, -0.15) is 0 Å². The van der Waals surface area contributed by atoms with E-state index < -0.39 is 0 Å². The highest BCUT2D eigenvalue weighted by molar-refractivity contribution is 6.32. The quantitative estimate of drug-likeness (QED) is 0.474. The van der Waals surface area contributed by atoms with Crippen LogP contribution in [0.5, 0.6) is 0 Å². The van der Waals surface area contributed by atoms with Gasteiger partial charge in [0.05, 0.1) is 22.9 Å². The molecule has 3 aromatic rings. The molecule has 17 heavy (non-hydrogen) atoms. The van der Waals surface area contributed by atoms with E-state index >= 15 is 0 Å². The van der Waals surface area contributed by atoms with E-state index in [1.54, 1.807) is 6.33 Å². The Balaban J connectivity index is 2.24. The van der Waals surface area contributed by atoms with Crippen LogP contribution in [-0.4, -0.2) is 22.4 Å². The zero-order chi connectivity index (χ0) is 11.8. The molecule has 0 aliphatic carbocycles. The van der Waals surface area contributed by atoms with Gasteiger partial charge in [-0.15, -0.1) is 0 Å². The number of imidazole rings is 1. The highest BCUT2D eigenvalue weighted by Crippen LogP contribution is 2.19. The van der Waals surface area contributed by atoms with Crippen molar-refractivity contribution in [1.82, 2.24) is 14.5 Å². The Hall–Kier alpha value is -2.30. The first-order valence-electron chi connectivity index (χ1n) is 5.39. The van der Waals surface area contributed by atoms with Crippen LogP contribution in [0.15, 0.2) is 43.0 Å². The van der Waals surface area contributed by atoms with Crippen molar-refractivity contribution in [3.63, 3.8) is 0 Å². The average Bonchev–Trinajstić information content (AvgIpc) is 2.71. The summed E-state index contributed by atoms with van der Waals surface area (Å²) in [5, 5.41) is 0. The lowest BCUT2D eigenvalue weighted by atomic mass is 9.99. The molecule has 0 bridgehead atoms. The number of nitrogens with zero attached hydrogens (tertiary/aromatic N) is 3. The van der Waals surface area contributed by atoms with Crippen LogP contribution in [0.4, 0.5) is 5.69 Å². The molecule has 3 rings (SSSR count). The van der Waals surface area contributed by atoms with Crippen molar-refractivity contribution >= 4 is 30.0 Å². The third-order valence-electron chi connectivity index (χ3n) is 2.71. The van der Waals surface area contributed by atoms with E-state index in [0.29, 0.717) is 0 Å². The van der Waals surface area contributed by atoms with Crippen LogP contribution in [0.3, 0.4) is 0 Å². The molecule has 4 nitrogen and oxygen atoms in total. The number of hydrogen-bond donors (Lipinski definition) is 1. The van der Waals surface area contributed by atoms with Crippen LogP contribution in [-0.2, 0) is 0 Å². The number of rotatable bonds is 1. The van der Waals surface area contributed by atoms with Crippen LogP contribution < -0.4 is 11.2 Å². The van der Waals surface area contributed by atoms with Gasteiger partial charge in [0.2, 0.25) is 0 Å². The molecule has 82 valence electrons. The summed E-state index contributed by atoms with van der Waals surface area (Å²) in [6, 6.07) is 7.79. The molecule has 0 saturated heterocycles. The Kier molecular flexibility index (Phi) is 2.11. The highest BCUT2D eigenvalue weighted by atomic mass is 15.1. The average molecular weight is 222 g/mol. The molecule has 2 aromatic heterocycles. The van der Waals surface area contributed by atoms with E-state index in [2.05, 4.69) is 16.0 Å². The molecule has 0 unspecified atom stereocenters. The van der Waals surface area contributed by atoms with Crippen molar-refractivity contribution in [2.24, 2.45) is 0 Å². The second-order valence-corrected chi connectivity index (χ2v) is 4.08. The second-order valence-electron chi connectivity index (χ2n) is 4.08. The molecular weight excluding hydrogens is 211 g/mol. The molecule has 0 aliphatic rings. The third kappa shape index (κ3) is 1.65. The summed E-state index contributed by atoms with van der Waals surface area (Å²) in [6.45, 7) is 0. The fourth-order valence-corrected chi connectivity index (χ4v) is 1.91. The number of pyridine rings is 1. The molecule has 0 aliphatic heterocycles. The van der Waals surface area contributed by atoms with Gasteiger partial charge < -0.3 is 5.73 Å². The van der Waals surface area contributed by atoms with Gasteiger partial charge >= 0.3 is 0 Å². The summed E-state index contributed by atoms with van der Waals surface area (Å²) in [5.41, 5.74) is 10.5. The molecule has 0 amide bonds. The Bertz CT molecular complexity index is 690. The summed E-state index contributed by atoms with van der Waals surface area (Å²) in [6.07, 6.45) is 5.45.